The monoisotopic (exact) mass is 450 g/mol. The summed E-state index contributed by atoms with van der Waals surface area (Å²) in [6, 6.07) is 13.6. The van der Waals surface area contributed by atoms with Crippen molar-refractivity contribution in [2.75, 3.05) is 0 Å². The topological polar surface area (TPSA) is 80.9 Å². The van der Waals surface area contributed by atoms with Crippen LogP contribution in [0.1, 0.15) is 11.5 Å². The Bertz CT molecular complexity index is 812. The second-order valence-corrected chi connectivity index (χ2v) is 20.5. The van der Waals surface area contributed by atoms with E-state index in [0.29, 0.717) is 15.6 Å². The van der Waals surface area contributed by atoms with Crippen LogP contribution < -0.4 is 5.30 Å². The van der Waals surface area contributed by atoms with Gasteiger partial charge < -0.3 is 0 Å². The molecule has 0 aliphatic carbocycles. The predicted molar refractivity (Wildman–Crippen MR) is 111 cm³/mol. The van der Waals surface area contributed by atoms with Crippen LogP contribution in [0.4, 0.5) is 0 Å². The van der Waals surface area contributed by atoms with E-state index in [9.17, 15) is 20.4 Å². The Morgan fingerprint density at radius 3 is 1.54 bits per heavy atom. The van der Waals surface area contributed by atoms with Gasteiger partial charge in [0.1, 0.15) is 0 Å². The van der Waals surface area contributed by atoms with Crippen molar-refractivity contribution in [1.82, 2.24) is 0 Å². The Labute approximate surface area is 168 Å². The summed E-state index contributed by atoms with van der Waals surface area (Å²) in [6.45, 7) is 0. The van der Waals surface area contributed by atoms with E-state index >= 15 is 0 Å². The predicted octanol–water partition coefficient (Wildman–Crippen LogP) is 3.55. The summed E-state index contributed by atoms with van der Waals surface area (Å²) in [7, 11) is 2.77. The average molecular weight is 451 g/mol. The summed E-state index contributed by atoms with van der Waals surface area (Å²) in [5.41, 5.74) is 0.622. The Morgan fingerprint density at radius 2 is 1.12 bits per heavy atom. The second kappa shape index (κ2) is 6.51. The molecule has 140 valence electrons. The second-order valence-electron chi connectivity index (χ2n) is 6.60. The molecule has 0 radical (unpaired) electrons. The fraction of sp³-hybridized carbons (Fsp3) is 0.294. The Kier molecular flexibility index (Phi) is 4.84. The van der Waals surface area contributed by atoms with Gasteiger partial charge in [0.05, 0.1) is 0 Å². The molecular weight excluding hydrogens is 434 g/mol. The molecule has 1 spiro atoms. The first-order valence-corrected chi connectivity index (χ1v) is 14.4. The summed E-state index contributed by atoms with van der Waals surface area (Å²) in [6.07, 6.45) is -2.43. The Balaban J connectivity index is 1.79. The van der Waals surface area contributed by atoms with Gasteiger partial charge in [0.2, 0.25) is 0 Å². The van der Waals surface area contributed by atoms with Crippen molar-refractivity contribution in [1.29, 1.82) is 0 Å². The normalized spacial score (nSPS) is 36.2. The zero-order chi connectivity index (χ0) is 18.7. The van der Waals surface area contributed by atoms with Crippen LogP contribution in [0, 0.1) is 0 Å². The molecule has 4 nitrogen and oxygen atoms in total. The number of halogens is 2. The third kappa shape index (κ3) is 2.52. The number of aliphatic hydroxyl groups is 4. The van der Waals surface area contributed by atoms with Crippen LogP contribution in [0.25, 0.3) is 0 Å². The zero-order valence-corrected chi connectivity index (χ0v) is 17.4. The Hall–Kier alpha value is -0.0100. The van der Waals surface area contributed by atoms with Crippen molar-refractivity contribution in [2.45, 2.75) is 29.8 Å². The summed E-state index contributed by atoms with van der Waals surface area (Å²) in [5.74, 6) is -3.15. The number of aliphatic hydroxyl groups excluding tert-OH is 4. The zero-order valence-electron chi connectivity index (χ0n) is 13.3. The summed E-state index contributed by atoms with van der Waals surface area (Å²) in [5, 5.41) is 42.5. The molecular formula is C17H17Cl2O4PS2. The number of hydrogen-bond acceptors (Lipinski definition) is 6. The van der Waals surface area contributed by atoms with Gasteiger partial charge >= 0.3 is 169 Å². The van der Waals surface area contributed by atoms with E-state index in [4.69, 9.17) is 23.2 Å². The molecule has 26 heavy (non-hydrogen) atoms. The minimum atomic E-state index is -3.44. The fourth-order valence-electron chi connectivity index (χ4n) is 3.75. The third-order valence-corrected chi connectivity index (χ3v) is 21.9. The molecule has 2 aliphatic rings. The van der Waals surface area contributed by atoms with Crippen molar-refractivity contribution in [3.63, 3.8) is 0 Å². The van der Waals surface area contributed by atoms with Crippen LogP contribution in [0.2, 0.25) is 10.0 Å². The first-order valence-electron chi connectivity index (χ1n) is 7.95. The van der Waals surface area contributed by atoms with Crippen molar-refractivity contribution in [3.05, 3.63) is 64.1 Å². The van der Waals surface area contributed by atoms with E-state index in [1.54, 1.807) is 48.5 Å². The van der Waals surface area contributed by atoms with E-state index in [2.05, 4.69) is 0 Å². The molecule has 4 atom stereocenters. The minimum absolute atomic E-state index is 0.533. The summed E-state index contributed by atoms with van der Waals surface area (Å²) < 4.78 is 0. The van der Waals surface area contributed by atoms with Crippen molar-refractivity contribution in [3.8, 4) is 0 Å². The number of rotatable bonds is 2. The standard InChI is InChI=1S/C17H17Cl2O4PS2/c18-10-3-1-9(2-4-10)13-14(20)16(22)24(25-26-24,17(23)15(13)21)12-7-5-11(19)6-8-12/h1-8,13-17,20-23H. The van der Waals surface area contributed by atoms with Crippen molar-refractivity contribution < 1.29 is 20.4 Å². The first-order chi connectivity index (χ1) is 12.3. The molecule has 2 aromatic rings. The van der Waals surface area contributed by atoms with E-state index in [-0.39, 0.29) is 0 Å². The van der Waals surface area contributed by atoms with Crippen LogP contribution in [0.15, 0.2) is 48.5 Å². The van der Waals surface area contributed by atoms with Gasteiger partial charge in [0.15, 0.2) is 0 Å². The molecule has 2 fully saturated rings. The first kappa shape index (κ1) is 19.3. The van der Waals surface area contributed by atoms with Gasteiger partial charge in [-0.1, -0.05) is 0 Å². The van der Waals surface area contributed by atoms with Gasteiger partial charge in [-0.05, 0) is 0 Å². The molecule has 4 N–H and O–H groups in total. The fourth-order valence-corrected chi connectivity index (χ4v) is 20.6. The van der Waals surface area contributed by atoms with Crippen molar-refractivity contribution in [2.24, 2.45) is 0 Å². The van der Waals surface area contributed by atoms with Gasteiger partial charge in [-0.15, -0.1) is 0 Å². The van der Waals surface area contributed by atoms with E-state index in [1.165, 1.54) is 20.8 Å². The molecule has 0 aromatic heterocycles. The van der Waals surface area contributed by atoms with Gasteiger partial charge in [0, 0.05) is 0 Å². The molecule has 2 aromatic carbocycles. The van der Waals surface area contributed by atoms with Crippen LogP contribution in [0.3, 0.4) is 0 Å². The van der Waals surface area contributed by atoms with Crippen molar-refractivity contribution >= 4 is 54.3 Å². The maximum absolute atomic E-state index is 11.2. The number of benzene rings is 2. The van der Waals surface area contributed by atoms with Gasteiger partial charge in [-0.2, -0.15) is 0 Å². The van der Waals surface area contributed by atoms with Crippen LogP contribution >= 0.6 is 49.0 Å². The average Bonchev–Trinajstić information content (AvgIpc) is 3.40. The van der Waals surface area contributed by atoms with Gasteiger partial charge in [0.25, 0.3) is 0 Å². The molecule has 4 unspecified atom stereocenters. The SMILES string of the molecule is OC1C(c2ccc(Cl)cc2)C(O)C(O)P2(c3ccc(Cl)cc3)(SS2)C1O. The molecule has 0 amide bonds. The van der Waals surface area contributed by atoms with Crippen LogP contribution in [-0.4, -0.2) is 44.3 Å². The molecule has 2 aliphatic heterocycles. The summed E-state index contributed by atoms with van der Waals surface area (Å²) >= 11 is 11.9. The van der Waals surface area contributed by atoms with Gasteiger partial charge in [-0.3, -0.25) is 0 Å². The molecule has 4 rings (SSSR count). The molecule has 0 saturated carbocycles. The maximum atomic E-state index is 11.2. The molecule has 2 heterocycles. The number of hydrogen-bond donors (Lipinski definition) is 4. The molecule has 0 bridgehead atoms. The summed E-state index contributed by atoms with van der Waals surface area (Å²) in [4.78, 5) is 0. The van der Waals surface area contributed by atoms with E-state index in [0.717, 1.165) is 5.30 Å². The molecule has 9 heteroatoms. The van der Waals surface area contributed by atoms with E-state index in [1.807, 2.05) is 0 Å². The third-order valence-electron chi connectivity index (χ3n) is 5.26. The quantitative estimate of drug-likeness (QED) is 0.318. The van der Waals surface area contributed by atoms with Crippen LogP contribution in [-0.2, 0) is 0 Å². The molecule has 2 saturated heterocycles. The van der Waals surface area contributed by atoms with Gasteiger partial charge in [-0.25, -0.2) is 0 Å². The van der Waals surface area contributed by atoms with E-state index < -0.39 is 34.8 Å². The van der Waals surface area contributed by atoms with Crippen LogP contribution in [0.5, 0.6) is 0 Å². The Morgan fingerprint density at radius 1 is 0.692 bits per heavy atom.